The number of nitrogens with one attached hydrogen (secondary N) is 1. The molecule has 1 N–H and O–H groups in total. The van der Waals surface area contributed by atoms with Crippen LogP contribution < -0.4 is 10.2 Å². The molecule has 0 aliphatic carbocycles. The maximum atomic E-state index is 12.1. The highest BCUT2D eigenvalue weighted by Gasteiger charge is 2.19. The molecule has 3 aromatic rings. The average molecular weight is 465 g/mol. The number of hydrogen-bond donors (Lipinski definition) is 1. The number of hydrogen-bond acceptors (Lipinski definition) is 7. The number of anilines is 1. The molecule has 1 aliphatic rings. The molecule has 1 fully saturated rings. The Morgan fingerprint density at radius 3 is 2.82 bits per heavy atom. The van der Waals surface area contributed by atoms with E-state index in [1.807, 2.05) is 17.1 Å². The van der Waals surface area contributed by atoms with E-state index in [0.717, 1.165) is 35.1 Å². The van der Waals surface area contributed by atoms with Gasteiger partial charge < -0.3 is 14.6 Å². The van der Waals surface area contributed by atoms with E-state index in [-0.39, 0.29) is 11.7 Å². The second kappa shape index (κ2) is 8.52. The average Bonchev–Trinajstić information content (AvgIpc) is 3.34. The number of nitrogens with zero attached hydrogens (tertiary/aromatic N) is 5. The van der Waals surface area contributed by atoms with Crippen LogP contribution in [0.5, 0.6) is 0 Å². The molecule has 3 aromatic heterocycles. The Morgan fingerprint density at radius 1 is 1.29 bits per heavy atom. The minimum atomic E-state index is -0.254. The minimum absolute atomic E-state index is 0.254. The third kappa shape index (κ3) is 4.02. The summed E-state index contributed by atoms with van der Waals surface area (Å²) >= 11 is 4.73. The number of aromatic nitrogens is 4. The van der Waals surface area contributed by atoms with Crippen LogP contribution in [-0.2, 0) is 6.54 Å². The van der Waals surface area contributed by atoms with Gasteiger partial charge >= 0.3 is 0 Å². The molecule has 1 amide bonds. The van der Waals surface area contributed by atoms with Gasteiger partial charge in [-0.3, -0.25) is 4.79 Å². The molecule has 1 saturated heterocycles. The van der Waals surface area contributed by atoms with Gasteiger partial charge in [0.25, 0.3) is 5.91 Å². The van der Waals surface area contributed by atoms with E-state index < -0.39 is 0 Å². The first-order chi connectivity index (χ1) is 13.7. The van der Waals surface area contributed by atoms with Crippen LogP contribution in [0, 0.1) is 0 Å². The smallest absolute Gasteiger partial charge is 0.287 e. The molecule has 0 atom stereocenters. The Hall–Kier alpha value is -2.07. The molecule has 28 heavy (non-hydrogen) atoms. The highest BCUT2D eigenvalue weighted by Crippen LogP contribution is 2.28. The van der Waals surface area contributed by atoms with E-state index >= 15 is 0 Å². The number of rotatable bonds is 6. The van der Waals surface area contributed by atoms with Crippen molar-refractivity contribution < 1.29 is 9.21 Å². The molecule has 148 valence electrons. The first-order valence-corrected chi connectivity index (χ1v) is 11.2. The summed E-state index contributed by atoms with van der Waals surface area (Å²) in [5.41, 5.74) is 0.801. The summed E-state index contributed by atoms with van der Waals surface area (Å²) in [6, 6.07) is 3.32. The summed E-state index contributed by atoms with van der Waals surface area (Å²) < 4.78 is 7.62. The van der Waals surface area contributed by atoms with Gasteiger partial charge in [0.05, 0.1) is 18.1 Å². The fraction of sp³-hybridized carbons (Fsp3) is 0.444. The Balaban J connectivity index is 1.52. The van der Waals surface area contributed by atoms with Crippen LogP contribution in [0.25, 0.3) is 11.0 Å². The Morgan fingerprint density at radius 2 is 2.11 bits per heavy atom. The highest BCUT2D eigenvalue weighted by molar-refractivity contribution is 9.10. The van der Waals surface area contributed by atoms with Crippen LogP contribution in [0.15, 0.2) is 32.6 Å². The molecule has 4 rings (SSSR count). The van der Waals surface area contributed by atoms with Crippen molar-refractivity contribution in [1.29, 1.82) is 0 Å². The molecule has 0 saturated carbocycles. The number of piperidine rings is 1. The second-order valence-electron chi connectivity index (χ2n) is 6.55. The summed E-state index contributed by atoms with van der Waals surface area (Å²) in [6.07, 6.45) is 7.44. The zero-order chi connectivity index (χ0) is 19.5. The maximum Gasteiger partial charge on any atom is 0.287 e. The lowest BCUT2D eigenvalue weighted by Gasteiger charge is -2.28. The largest absolute Gasteiger partial charge is 0.444 e. The minimum Gasteiger partial charge on any atom is -0.444 e. The molecule has 8 nitrogen and oxygen atoms in total. The van der Waals surface area contributed by atoms with E-state index in [0.29, 0.717) is 17.8 Å². The number of furan rings is 1. The summed E-state index contributed by atoms with van der Waals surface area (Å²) in [6.45, 7) is 2.97. The third-order valence-corrected chi connectivity index (χ3v) is 5.67. The number of halogens is 1. The predicted molar refractivity (Wildman–Crippen MR) is 112 cm³/mol. The maximum absolute atomic E-state index is 12.1. The van der Waals surface area contributed by atoms with Crippen molar-refractivity contribution in [1.82, 2.24) is 25.1 Å². The van der Waals surface area contributed by atoms with E-state index in [1.165, 1.54) is 31.0 Å². The van der Waals surface area contributed by atoms with Gasteiger partial charge in [-0.1, -0.05) is 11.8 Å². The van der Waals surface area contributed by atoms with Crippen molar-refractivity contribution >= 4 is 50.5 Å². The molecule has 1 aliphatic heterocycles. The molecule has 10 heteroatoms. The summed E-state index contributed by atoms with van der Waals surface area (Å²) in [5.74, 6) is 0.983. The fourth-order valence-electron chi connectivity index (χ4n) is 3.32. The number of carbonyl (C=O) groups is 1. The first-order valence-electron chi connectivity index (χ1n) is 9.22. The van der Waals surface area contributed by atoms with Gasteiger partial charge in [0, 0.05) is 19.6 Å². The normalized spacial score (nSPS) is 14.6. The zero-order valence-electron chi connectivity index (χ0n) is 15.5. The van der Waals surface area contributed by atoms with Crippen LogP contribution in [0.1, 0.15) is 29.8 Å². The van der Waals surface area contributed by atoms with E-state index in [2.05, 4.69) is 36.2 Å². The van der Waals surface area contributed by atoms with Crippen molar-refractivity contribution in [3.8, 4) is 0 Å². The van der Waals surface area contributed by atoms with Crippen LogP contribution in [0.4, 0.5) is 5.82 Å². The molecule has 0 spiro atoms. The van der Waals surface area contributed by atoms with Crippen LogP contribution in [0.2, 0.25) is 0 Å². The predicted octanol–water partition coefficient (Wildman–Crippen LogP) is 3.32. The van der Waals surface area contributed by atoms with Gasteiger partial charge in [-0.25, -0.2) is 14.6 Å². The van der Waals surface area contributed by atoms with Crippen LogP contribution in [-0.4, -0.2) is 51.5 Å². The van der Waals surface area contributed by atoms with Gasteiger partial charge in [-0.05, 0) is 53.6 Å². The van der Waals surface area contributed by atoms with Crippen molar-refractivity contribution in [2.45, 2.75) is 31.0 Å². The molecular formula is C18H21BrN6O2S. The molecule has 0 radical (unpaired) electrons. The molecule has 0 aromatic carbocycles. The molecule has 0 unspecified atom stereocenters. The fourth-order valence-corrected chi connectivity index (χ4v) is 3.98. The first kappa shape index (κ1) is 19.3. The van der Waals surface area contributed by atoms with Crippen molar-refractivity contribution in [3.63, 3.8) is 0 Å². The molecule has 0 bridgehead atoms. The Bertz CT molecular complexity index is 982. The number of amides is 1. The van der Waals surface area contributed by atoms with Crippen LogP contribution >= 0.6 is 27.7 Å². The number of carbonyl (C=O) groups excluding carboxylic acids is 1. The van der Waals surface area contributed by atoms with Gasteiger partial charge in [0.15, 0.2) is 21.2 Å². The van der Waals surface area contributed by atoms with E-state index in [1.54, 1.807) is 12.1 Å². The molecule has 4 heterocycles. The van der Waals surface area contributed by atoms with Gasteiger partial charge in [-0.2, -0.15) is 5.10 Å². The number of thioether (sulfide) groups is 1. The standard InChI is InChI=1S/C18H21BrN6O2S/c1-28-18-22-15(24-8-3-2-4-9-24)12-11-21-25(16(12)23-18)10-7-20-17(26)13-5-6-14(19)27-13/h5-6,11H,2-4,7-10H2,1H3,(H,20,26). The Labute approximate surface area is 175 Å². The SMILES string of the molecule is CSc1nc(N2CCCCC2)c2cnn(CCNC(=O)c3ccc(Br)o3)c2n1. The summed E-state index contributed by atoms with van der Waals surface area (Å²) in [4.78, 5) is 23.9. The van der Waals surface area contributed by atoms with E-state index in [9.17, 15) is 4.79 Å². The topological polar surface area (TPSA) is 89.1 Å². The van der Waals surface area contributed by atoms with Gasteiger partial charge in [0.2, 0.25) is 0 Å². The van der Waals surface area contributed by atoms with Crippen molar-refractivity contribution in [2.75, 3.05) is 30.8 Å². The van der Waals surface area contributed by atoms with Crippen LogP contribution in [0.3, 0.4) is 0 Å². The lowest BCUT2D eigenvalue weighted by Crippen LogP contribution is -2.30. The Kier molecular flexibility index (Phi) is 5.86. The third-order valence-electron chi connectivity index (χ3n) is 4.70. The number of fused-ring (bicyclic) bond motifs is 1. The van der Waals surface area contributed by atoms with Gasteiger partial charge in [-0.15, -0.1) is 0 Å². The van der Waals surface area contributed by atoms with E-state index in [4.69, 9.17) is 9.40 Å². The van der Waals surface area contributed by atoms with Crippen molar-refractivity contribution in [2.24, 2.45) is 0 Å². The summed E-state index contributed by atoms with van der Waals surface area (Å²) in [5, 5.41) is 9.04. The van der Waals surface area contributed by atoms with Gasteiger partial charge in [0.1, 0.15) is 5.82 Å². The lowest BCUT2D eigenvalue weighted by molar-refractivity contribution is 0.0923. The van der Waals surface area contributed by atoms with Crippen molar-refractivity contribution in [3.05, 3.63) is 28.8 Å². The quantitative estimate of drug-likeness (QED) is 0.441. The monoisotopic (exact) mass is 464 g/mol. The highest BCUT2D eigenvalue weighted by atomic mass is 79.9. The lowest BCUT2D eigenvalue weighted by atomic mass is 10.1. The molecular weight excluding hydrogens is 444 g/mol. The summed E-state index contributed by atoms with van der Waals surface area (Å²) in [7, 11) is 0. The second-order valence-corrected chi connectivity index (χ2v) is 8.10. The zero-order valence-corrected chi connectivity index (χ0v) is 17.9.